The molecule has 2 aromatic rings. The highest BCUT2D eigenvalue weighted by Gasteiger charge is 2.23. The average Bonchev–Trinajstić information content (AvgIpc) is 3.00. The Morgan fingerprint density at radius 1 is 1.42 bits per heavy atom. The lowest BCUT2D eigenvalue weighted by molar-refractivity contribution is 0.0597. The zero-order valence-corrected chi connectivity index (χ0v) is 14.2. The lowest BCUT2D eigenvalue weighted by atomic mass is 9.94. The highest BCUT2D eigenvalue weighted by Crippen LogP contribution is 2.22. The van der Waals surface area contributed by atoms with E-state index in [4.69, 9.17) is 9.26 Å². The van der Waals surface area contributed by atoms with E-state index in [9.17, 15) is 4.79 Å². The largest absolute Gasteiger partial charge is 0.465 e. The van der Waals surface area contributed by atoms with Crippen LogP contribution in [0.15, 0.2) is 28.8 Å². The molecule has 0 N–H and O–H groups in total. The summed E-state index contributed by atoms with van der Waals surface area (Å²) < 4.78 is 9.94. The Kier molecular flexibility index (Phi) is 5.25. The van der Waals surface area contributed by atoms with E-state index < -0.39 is 0 Å². The first-order chi connectivity index (χ1) is 11.7. The van der Waals surface area contributed by atoms with Gasteiger partial charge in [0.15, 0.2) is 5.82 Å². The molecule has 2 heterocycles. The smallest absolute Gasteiger partial charge is 0.338 e. The summed E-state index contributed by atoms with van der Waals surface area (Å²) in [5, 5.41) is 4.00. The third kappa shape index (κ3) is 4.00. The molecular formula is C18H23N3O3. The Labute approximate surface area is 141 Å². The summed E-state index contributed by atoms with van der Waals surface area (Å²) in [6, 6.07) is 7.65. The van der Waals surface area contributed by atoms with Crippen LogP contribution in [0.4, 0.5) is 0 Å². The van der Waals surface area contributed by atoms with Gasteiger partial charge in [0.05, 0.1) is 12.7 Å². The number of nitrogens with zero attached hydrogens (tertiary/aromatic N) is 3. The van der Waals surface area contributed by atoms with Crippen LogP contribution in [0.25, 0.3) is 0 Å². The second-order valence-corrected chi connectivity index (χ2v) is 6.33. The van der Waals surface area contributed by atoms with Gasteiger partial charge in [-0.25, -0.2) is 4.79 Å². The molecule has 1 aliphatic rings. The van der Waals surface area contributed by atoms with E-state index in [-0.39, 0.29) is 5.97 Å². The number of esters is 1. The van der Waals surface area contributed by atoms with Crippen LogP contribution in [-0.2, 0) is 17.7 Å². The molecule has 0 spiro atoms. The average molecular weight is 329 g/mol. The third-order valence-corrected chi connectivity index (χ3v) is 4.46. The summed E-state index contributed by atoms with van der Waals surface area (Å²) in [7, 11) is 1.42. The Balaban J connectivity index is 1.64. The topological polar surface area (TPSA) is 68.5 Å². The van der Waals surface area contributed by atoms with Crippen molar-refractivity contribution in [2.24, 2.45) is 5.92 Å². The Morgan fingerprint density at radius 2 is 2.25 bits per heavy atom. The molecule has 1 saturated heterocycles. The molecule has 1 atom stereocenters. The molecule has 0 bridgehead atoms. The van der Waals surface area contributed by atoms with Crippen molar-refractivity contribution in [1.29, 1.82) is 0 Å². The summed E-state index contributed by atoms with van der Waals surface area (Å²) >= 11 is 0. The summed E-state index contributed by atoms with van der Waals surface area (Å²) in [6.07, 6.45) is 3.15. The number of hydrogen-bond acceptors (Lipinski definition) is 6. The Hall–Kier alpha value is -2.21. The van der Waals surface area contributed by atoms with Crippen LogP contribution < -0.4 is 0 Å². The molecule has 24 heavy (non-hydrogen) atoms. The van der Waals surface area contributed by atoms with Gasteiger partial charge in [-0.05, 0) is 36.9 Å². The maximum absolute atomic E-state index is 11.9. The van der Waals surface area contributed by atoms with Crippen molar-refractivity contribution in [3.8, 4) is 0 Å². The summed E-state index contributed by atoms with van der Waals surface area (Å²) in [6.45, 7) is 4.58. The number of likely N-dealkylation sites (tertiary alicyclic amines) is 1. The van der Waals surface area contributed by atoms with Crippen LogP contribution in [-0.4, -0.2) is 41.2 Å². The first-order valence-corrected chi connectivity index (χ1v) is 8.33. The molecule has 6 nitrogen and oxygen atoms in total. The maximum atomic E-state index is 11.9. The number of carbonyl (C=O) groups is 1. The van der Waals surface area contributed by atoms with Crippen LogP contribution in [0.3, 0.4) is 0 Å². The van der Waals surface area contributed by atoms with Crippen LogP contribution in [0.1, 0.15) is 40.5 Å². The molecule has 0 aliphatic carbocycles. The van der Waals surface area contributed by atoms with E-state index in [0.29, 0.717) is 17.4 Å². The van der Waals surface area contributed by atoms with Crippen molar-refractivity contribution in [2.75, 3.05) is 20.2 Å². The van der Waals surface area contributed by atoms with Gasteiger partial charge in [-0.15, -0.1) is 0 Å². The van der Waals surface area contributed by atoms with Gasteiger partial charge in [0, 0.05) is 26.4 Å². The van der Waals surface area contributed by atoms with Crippen molar-refractivity contribution in [1.82, 2.24) is 15.0 Å². The number of rotatable bonds is 5. The molecule has 0 amide bonds. The minimum absolute atomic E-state index is 0.276. The van der Waals surface area contributed by atoms with Crippen molar-refractivity contribution >= 4 is 5.97 Å². The SMILES string of the molecule is COC(=O)c1ccccc1CN1CCC[C@@H](Cc2noc(C)n2)C1. The highest BCUT2D eigenvalue weighted by molar-refractivity contribution is 5.90. The Morgan fingerprint density at radius 3 is 3.00 bits per heavy atom. The molecule has 0 unspecified atom stereocenters. The van der Waals surface area contributed by atoms with E-state index in [1.54, 1.807) is 0 Å². The molecule has 1 aromatic heterocycles. The van der Waals surface area contributed by atoms with Gasteiger partial charge in [-0.2, -0.15) is 4.98 Å². The number of benzene rings is 1. The highest BCUT2D eigenvalue weighted by atomic mass is 16.5. The third-order valence-electron chi connectivity index (χ3n) is 4.46. The van der Waals surface area contributed by atoms with Crippen molar-refractivity contribution < 1.29 is 14.1 Å². The maximum Gasteiger partial charge on any atom is 0.338 e. The van der Waals surface area contributed by atoms with Crippen LogP contribution >= 0.6 is 0 Å². The van der Waals surface area contributed by atoms with Gasteiger partial charge in [0.2, 0.25) is 5.89 Å². The lowest BCUT2D eigenvalue weighted by Gasteiger charge is -2.32. The molecule has 6 heteroatoms. The van der Waals surface area contributed by atoms with Gasteiger partial charge in [0.1, 0.15) is 0 Å². The summed E-state index contributed by atoms with van der Waals surface area (Å²) in [5.41, 5.74) is 1.66. The molecular weight excluding hydrogens is 306 g/mol. The van der Waals surface area contributed by atoms with Gasteiger partial charge in [0.25, 0.3) is 0 Å². The number of methoxy groups -OCH3 is 1. The zero-order chi connectivity index (χ0) is 16.9. The van der Waals surface area contributed by atoms with Crippen molar-refractivity contribution in [3.05, 3.63) is 47.1 Å². The monoisotopic (exact) mass is 329 g/mol. The van der Waals surface area contributed by atoms with Gasteiger partial charge < -0.3 is 9.26 Å². The minimum Gasteiger partial charge on any atom is -0.465 e. The number of aryl methyl sites for hydroxylation is 1. The van der Waals surface area contributed by atoms with Gasteiger partial charge in [-0.1, -0.05) is 23.4 Å². The predicted octanol–water partition coefficient (Wildman–Crippen LogP) is 2.62. The first kappa shape index (κ1) is 16.6. The zero-order valence-electron chi connectivity index (χ0n) is 14.2. The van der Waals surface area contributed by atoms with Crippen LogP contribution in [0.2, 0.25) is 0 Å². The molecule has 3 rings (SSSR count). The number of aromatic nitrogens is 2. The van der Waals surface area contributed by atoms with Gasteiger partial charge >= 0.3 is 5.97 Å². The fraction of sp³-hybridized carbons (Fsp3) is 0.500. The van der Waals surface area contributed by atoms with Crippen LogP contribution in [0.5, 0.6) is 0 Å². The van der Waals surface area contributed by atoms with Crippen molar-refractivity contribution in [2.45, 2.75) is 32.7 Å². The van der Waals surface area contributed by atoms with E-state index in [1.165, 1.54) is 13.5 Å². The lowest BCUT2D eigenvalue weighted by Crippen LogP contribution is -2.36. The molecule has 1 aromatic carbocycles. The standard InChI is InChI=1S/C18H23N3O3/c1-13-19-17(20-24-13)10-14-6-5-9-21(11-14)12-15-7-3-4-8-16(15)18(22)23-2/h3-4,7-8,14H,5-6,9-12H2,1-2H3/t14-/m0/s1. The first-order valence-electron chi connectivity index (χ1n) is 8.33. The van der Waals surface area contributed by atoms with E-state index in [0.717, 1.165) is 43.9 Å². The number of piperidine rings is 1. The van der Waals surface area contributed by atoms with Gasteiger partial charge in [-0.3, -0.25) is 4.90 Å². The normalized spacial score (nSPS) is 18.5. The Bertz CT molecular complexity index is 698. The predicted molar refractivity (Wildman–Crippen MR) is 88.5 cm³/mol. The number of carbonyl (C=O) groups excluding carboxylic acids is 1. The second kappa shape index (κ2) is 7.57. The fourth-order valence-corrected chi connectivity index (χ4v) is 3.35. The summed E-state index contributed by atoms with van der Waals surface area (Å²) in [5.74, 6) is 1.64. The van der Waals surface area contributed by atoms with E-state index in [2.05, 4.69) is 15.0 Å². The molecule has 128 valence electrons. The van der Waals surface area contributed by atoms with E-state index in [1.807, 2.05) is 31.2 Å². The quantitative estimate of drug-likeness (QED) is 0.786. The van der Waals surface area contributed by atoms with Crippen molar-refractivity contribution in [3.63, 3.8) is 0 Å². The van der Waals surface area contributed by atoms with Crippen LogP contribution in [0, 0.1) is 12.8 Å². The molecule has 0 saturated carbocycles. The second-order valence-electron chi connectivity index (χ2n) is 6.33. The minimum atomic E-state index is -0.276. The molecule has 1 aliphatic heterocycles. The fourth-order valence-electron chi connectivity index (χ4n) is 3.35. The number of hydrogen-bond donors (Lipinski definition) is 0. The molecule has 0 radical (unpaired) electrons. The number of ether oxygens (including phenoxy) is 1. The van der Waals surface area contributed by atoms with E-state index >= 15 is 0 Å². The summed E-state index contributed by atoms with van der Waals surface area (Å²) in [4.78, 5) is 18.6. The molecule has 1 fully saturated rings.